The van der Waals surface area contributed by atoms with Crippen LogP contribution >= 0.6 is 11.6 Å². The summed E-state index contributed by atoms with van der Waals surface area (Å²) in [6.07, 6.45) is 3.94. The molecule has 2 aliphatic rings. The number of amides is 1. The molecule has 2 fully saturated rings. The standard InChI is InChI=1S/C29H35ClN4O3/c1-18(2)31-27(36)17-34-28(21-5-3-6-23(30)13-21)32-26-9-8-20(14-25(26)29(34)37)22-11-19(12-22)15-33-10-4-7-24(35)16-33/h3,5-6,8-9,13-14,18-19,22,24,35H,4,7,10-12,15-17H2,1-2H3,(H,31,36)/t19-,22-,24-/m0/s1. The van der Waals surface area contributed by atoms with Gasteiger partial charge in [-0.1, -0.05) is 29.8 Å². The lowest BCUT2D eigenvalue weighted by molar-refractivity contribution is -0.122. The molecule has 196 valence electrons. The zero-order chi connectivity index (χ0) is 26.1. The van der Waals surface area contributed by atoms with Crippen molar-refractivity contribution in [1.82, 2.24) is 19.8 Å². The van der Waals surface area contributed by atoms with E-state index in [9.17, 15) is 14.7 Å². The van der Waals surface area contributed by atoms with Crippen LogP contribution < -0.4 is 10.9 Å². The number of halogens is 1. The van der Waals surface area contributed by atoms with E-state index in [-0.39, 0.29) is 30.2 Å². The van der Waals surface area contributed by atoms with Crippen molar-refractivity contribution in [3.8, 4) is 11.4 Å². The molecule has 8 heteroatoms. The highest BCUT2D eigenvalue weighted by Crippen LogP contribution is 2.42. The molecular weight excluding hydrogens is 488 g/mol. The van der Waals surface area contributed by atoms with E-state index >= 15 is 0 Å². The Bertz CT molecular complexity index is 1350. The summed E-state index contributed by atoms with van der Waals surface area (Å²) in [6.45, 7) is 6.55. The van der Waals surface area contributed by atoms with Gasteiger partial charge in [0.2, 0.25) is 5.91 Å². The lowest BCUT2D eigenvalue weighted by Gasteiger charge is -2.40. The zero-order valence-corrected chi connectivity index (χ0v) is 22.2. The summed E-state index contributed by atoms with van der Waals surface area (Å²) in [7, 11) is 0. The summed E-state index contributed by atoms with van der Waals surface area (Å²) in [5.74, 6) is 1.22. The fourth-order valence-electron chi connectivity index (χ4n) is 5.72. The molecule has 1 saturated heterocycles. The van der Waals surface area contributed by atoms with Crippen molar-refractivity contribution >= 4 is 28.4 Å². The first-order chi connectivity index (χ1) is 17.8. The Labute approximate surface area is 222 Å². The minimum absolute atomic E-state index is 0.0300. The van der Waals surface area contributed by atoms with Gasteiger partial charge in [0.25, 0.3) is 5.56 Å². The molecule has 0 radical (unpaired) electrons. The zero-order valence-electron chi connectivity index (χ0n) is 21.5. The number of β-amino-alcohol motifs (C(OH)–C–C–N with tert-alkyl or cyclic N) is 1. The molecule has 1 aromatic heterocycles. The van der Waals surface area contributed by atoms with E-state index in [1.165, 1.54) is 4.57 Å². The van der Waals surface area contributed by atoms with Gasteiger partial charge in [-0.15, -0.1) is 0 Å². The molecule has 1 aliphatic heterocycles. The van der Waals surface area contributed by atoms with Crippen LogP contribution in [0.25, 0.3) is 22.3 Å². The van der Waals surface area contributed by atoms with Crippen molar-refractivity contribution in [2.75, 3.05) is 19.6 Å². The van der Waals surface area contributed by atoms with Gasteiger partial charge in [-0.25, -0.2) is 4.98 Å². The maximum Gasteiger partial charge on any atom is 0.262 e. The summed E-state index contributed by atoms with van der Waals surface area (Å²) in [5.41, 5.74) is 2.23. The average Bonchev–Trinajstić information content (AvgIpc) is 2.82. The molecule has 7 nitrogen and oxygen atoms in total. The third kappa shape index (κ3) is 5.89. The monoisotopic (exact) mass is 522 g/mol. The quantitative estimate of drug-likeness (QED) is 0.486. The molecule has 3 aromatic rings. The number of carbonyl (C=O) groups excluding carboxylic acids is 1. The number of aliphatic hydroxyl groups is 1. The number of piperidine rings is 1. The first kappa shape index (κ1) is 25.9. The number of nitrogens with zero attached hydrogens (tertiary/aromatic N) is 3. The summed E-state index contributed by atoms with van der Waals surface area (Å²) in [6, 6.07) is 13.1. The molecule has 1 atom stereocenters. The summed E-state index contributed by atoms with van der Waals surface area (Å²) >= 11 is 6.23. The molecule has 0 unspecified atom stereocenters. The third-order valence-electron chi connectivity index (χ3n) is 7.52. The van der Waals surface area contributed by atoms with Crippen molar-refractivity contribution in [1.29, 1.82) is 0 Å². The fourth-order valence-corrected chi connectivity index (χ4v) is 5.91. The Morgan fingerprint density at radius 1 is 1.22 bits per heavy atom. The Hall–Kier alpha value is -2.74. The molecule has 0 spiro atoms. The van der Waals surface area contributed by atoms with Crippen molar-refractivity contribution < 1.29 is 9.90 Å². The van der Waals surface area contributed by atoms with Crippen LogP contribution in [0.5, 0.6) is 0 Å². The van der Waals surface area contributed by atoms with Crippen molar-refractivity contribution in [2.45, 2.75) is 64.1 Å². The third-order valence-corrected chi connectivity index (χ3v) is 7.75. The van der Waals surface area contributed by atoms with E-state index in [0.29, 0.717) is 39.1 Å². The molecule has 37 heavy (non-hydrogen) atoms. The fraction of sp³-hybridized carbons (Fsp3) is 0.483. The molecule has 1 amide bonds. The molecular formula is C29H35ClN4O3. The number of likely N-dealkylation sites (tertiary alicyclic amines) is 1. The van der Waals surface area contributed by atoms with Gasteiger partial charge in [0.05, 0.1) is 17.0 Å². The van der Waals surface area contributed by atoms with Crippen LogP contribution in [0.1, 0.15) is 51.0 Å². The van der Waals surface area contributed by atoms with Crippen molar-refractivity contribution in [2.24, 2.45) is 5.92 Å². The van der Waals surface area contributed by atoms with Gasteiger partial charge < -0.3 is 15.3 Å². The normalized spacial score (nSPS) is 22.2. The van der Waals surface area contributed by atoms with Gasteiger partial charge in [-0.2, -0.15) is 0 Å². The maximum atomic E-state index is 13.7. The summed E-state index contributed by atoms with van der Waals surface area (Å²) in [4.78, 5) is 33.6. The second-order valence-electron chi connectivity index (χ2n) is 10.9. The minimum atomic E-state index is -0.234. The summed E-state index contributed by atoms with van der Waals surface area (Å²) in [5, 5.41) is 13.9. The van der Waals surface area contributed by atoms with E-state index in [4.69, 9.17) is 16.6 Å². The maximum absolute atomic E-state index is 13.7. The molecule has 2 aromatic carbocycles. The second kappa shape index (κ2) is 10.9. The Morgan fingerprint density at radius 3 is 2.76 bits per heavy atom. The van der Waals surface area contributed by atoms with Crippen molar-refractivity contribution in [3.63, 3.8) is 0 Å². The van der Waals surface area contributed by atoms with E-state index in [2.05, 4.69) is 16.3 Å². The Morgan fingerprint density at radius 2 is 2.03 bits per heavy atom. The highest BCUT2D eigenvalue weighted by atomic mass is 35.5. The number of carbonyl (C=O) groups is 1. The highest BCUT2D eigenvalue weighted by molar-refractivity contribution is 6.30. The lowest BCUT2D eigenvalue weighted by Crippen LogP contribution is -2.43. The minimum Gasteiger partial charge on any atom is -0.392 e. The number of aromatic nitrogens is 2. The molecule has 1 aliphatic carbocycles. The van der Waals surface area contributed by atoms with E-state index < -0.39 is 0 Å². The van der Waals surface area contributed by atoms with E-state index in [1.54, 1.807) is 12.1 Å². The predicted molar refractivity (Wildman–Crippen MR) is 147 cm³/mol. The van der Waals surface area contributed by atoms with Crippen LogP contribution in [0.2, 0.25) is 5.02 Å². The van der Waals surface area contributed by atoms with Crippen molar-refractivity contribution in [3.05, 3.63) is 63.4 Å². The van der Waals surface area contributed by atoms with Crippen LogP contribution in [0, 0.1) is 5.92 Å². The predicted octanol–water partition coefficient (Wildman–Crippen LogP) is 4.19. The average molecular weight is 523 g/mol. The summed E-state index contributed by atoms with van der Waals surface area (Å²) < 4.78 is 1.46. The van der Waals surface area contributed by atoms with Gasteiger partial charge in [0.15, 0.2) is 0 Å². The number of nitrogens with one attached hydrogen (secondary N) is 1. The molecule has 2 heterocycles. The molecule has 2 N–H and O–H groups in total. The topological polar surface area (TPSA) is 87.5 Å². The van der Waals surface area contributed by atoms with Gasteiger partial charge in [-0.3, -0.25) is 14.2 Å². The van der Waals surface area contributed by atoms with Gasteiger partial charge in [0.1, 0.15) is 12.4 Å². The lowest BCUT2D eigenvalue weighted by atomic mass is 9.71. The van der Waals surface area contributed by atoms with E-state index in [1.807, 2.05) is 38.1 Å². The van der Waals surface area contributed by atoms with Crippen LogP contribution in [0.4, 0.5) is 0 Å². The molecule has 5 rings (SSSR count). The smallest absolute Gasteiger partial charge is 0.262 e. The van der Waals surface area contributed by atoms with Crippen LogP contribution in [0.3, 0.4) is 0 Å². The van der Waals surface area contributed by atoms with Gasteiger partial charge in [-0.05, 0) is 87.7 Å². The Balaban J connectivity index is 1.42. The van der Waals surface area contributed by atoms with Gasteiger partial charge >= 0.3 is 0 Å². The number of aliphatic hydroxyl groups excluding tert-OH is 1. The number of hydrogen-bond acceptors (Lipinski definition) is 5. The van der Waals surface area contributed by atoms with Gasteiger partial charge in [0, 0.05) is 29.7 Å². The Kier molecular flexibility index (Phi) is 7.65. The number of hydrogen-bond donors (Lipinski definition) is 2. The number of fused-ring (bicyclic) bond motifs is 1. The molecule has 1 saturated carbocycles. The first-order valence-electron chi connectivity index (χ1n) is 13.3. The highest BCUT2D eigenvalue weighted by Gasteiger charge is 2.33. The number of benzene rings is 2. The van der Waals surface area contributed by atoms with E-state index in [0.717, 1.165) is 50.9 Å². The SMILES string of the molecule is CC(C)NC(=O)Cn1c(-c2cccc(Cl)c2)nc2ccc([C@H]3C[C@H](CN4CCC[C@H](O)C4)C3)cc2c1=O. The number of rotatable bonds is 7. The second-order valence-corrected chi connectivity index (χ2v) is 11.4. The molecule has 0 bridgehead atoms. The van der Waals surface area contributed by atoms with Crippen LogP contribution in [0.15, 0.2) is 47.3 Å². The van der Waals surface area contributed by atoms with Crippen LogP contribution in [-0.2, 0) is 11.3 Å². The first-order valence-corrected chi connectivity index (χ1v) is 13.6. The van der Waals surface area contributed by atoms with Crippen LogP contribution in [-0.4, -0.2) is 57.2 Å². The largest absolute Gasteiger partial charge is 0.392 e.